The molecular formula is C20H15F3N4O5S. The van der Waals surface area contributed by atoms with E-state index in [-0.39, 0.29) is 40.1 Å². The van der Waals surface area contributed by atoms with Gasteiger partial charge in [-0.2, -0.15) is 13.2 Å². The van der Waals surface area contributed by atoms with Gasteiger partial charge < -0.3 is 10.5 Å². The zero-order valence-corrected chi connectivity index (χ0v) is 17.6. The molecule has 0 aliphatic rings. The molecule has 2 N–H and O–H groups in total. The molecule has 0 aliphatic carbocycles. The van der Waals surface area contributed by atoms with Crippen molar-refractivity contribution in [3.63, 3.8) is 0 Å². The second-order valence-corrected chi connectivity index (χ2v) is 7.47. The van der Waals surface area contributed by atoms with Gasteiger partial charge in [0.1, 0.15) is 6.61 Å². The number of anilines is 3. The van der Waals surface area contributed by atoms with Crippen molar-refractivity contribution in [3.05, 3.63) is 74.8 Å². The van der Waals surface area contributed by atoms with Gasteiger partial charge >= 0.3 is 12.1 Å². The lowest BCUT2D eigenvalue weighted by molar-refractivity contribution is -0.384. The maximum atomic E-state index is 13.0. The number of nitrogens with two attached hydrogens (primary N) is 1. The van der Waals surface area contributed by atoms with Crippen molar-refractivity contribution >= 4 is 45.4 Å². The number of rotatable bonds is 6. The highest BCUT2D eigenvalue weighted by Crippen LogP contribution is 2.35. The average molecular weight is 480 g/mol. The van der Waals surface area contributed by atoms with Crippen LogP contribution in [0, 0.1) is 10.1 Å². The first kappa shape index (κ1) is 23.7. The Hall–Kier alpha value is -4.00. The van der Waals surface area contributed by atoms with Crippen molar-refractivity contribution in [2.45, 2.75) is 19.7 Å². The molecular weight excluding hydrogens is 465 g/mol. The molecule has 0 fully saturated rings. The van der Waals surface area contributed by atoms with Gasteiger partial charge in [0.15, 0.2) is 5.13 Å². The zero-order chi connectivity index (χ0) is 24.3. The first-order valence-electron chi connectivity index (χ1n) is 9.10. The van der Waals surface area contributed by atoms with Gasteiger partial charge in [0.25, 0.3) is 5.69 Å². The third-order valence-corrected chi connectivity index (χ3v) is 5.17. The first-order valence-corrected chi connectivity index (χ1v) is 9.98. The van der Waals surface area contributed by atoms with E-state index in [1.165, 1.54) is 30.5 Å². The van der Waals surface area contributed by atoms with Crippen LogP contribution in [0.1, 0.15) is 28.5 Å². The van der Waals surface area contributed by atoms with Crippen molar-refractivity contribution in [2.75, 3.05) is 10.6 Å². The maximum absolute atomic E-state index is 13.0. The molecule has 1 heterocycles. The Morgan fingerprint density at radius 1 is 1.24 bits per heavy atom. The van der Waals surface area contributed by atoms with E-state index in [4.69, 9.17) is 10.5 Å². The number of carbonyl (C=O) groups is 2. The third-order valence-electron chi connectivity index (χ3n) is 4.30. The maximum Gasteiger partial charge on any atom is 0.416 e. The fourth-order valence-corrected chi connectivity index (χ4v) is 3.64. The number of non-ortho nitro benzene ring substituents is 1. The number of benzene rings is 2. The van der Waals surface area contributed by atoms with Gasteiger partial charge in [-0.3, -0.25) is 19.8 Å². The summed E-state index contributed by atoms with van der Waals surface area (Å²) < 4.78 is 44.2. The summed E-state index contributed by atoms with van der Waals surface area (Å²) >= 11 is 0.959. The van der Waals surface area contributed by atoms with Crippen LogP contribution in [0.15, 0.2) is 47.8 Å². The topological polar surface area (TPSA) is 129 Å². The molecule has 9 nitrogen and oxygen atoms in total. The molecule has 172 valence electrons. The number of esters is 1. The predicted octanol–water partition coefficient (Wildman–Crippen LogP) is 4.69. The van der Waals surface area contributed by atoms with E-state index < -0.39 is 28.5 Å². The van der Waals surface area contributed by atoms with E-state index in [0.29, 0.717) is 0 Å². The molecule has 0 saturated carbocycles. The lowest BCUT2D eigenvalue weighted by Crippen LogP contribution is -2.23. The number of halogens is 3. The number of hydrogen-bond donors (Lipinski definition) is 1. The number of aromatic nitrogens is 1. The highest BCUT2D eigenvalue weighted by molar-refractivity contribution is 7.14. The Morgan fingerprint density at radius 3 is 2.61 bits per heavy atom. The number of nitro groups is 1. The summed E-state index contributed by atoms with van der Waals surface area (Å²) in [6.45, 7) is 0.818. The Bertz CT molecular complexity index is 1230. The number of hydrogen-bond acceptors (Lipinski definition) is 8. The second kappa shape index (κ2) is 9.24. The Morgan fingerprint density at radius 2 is 1.97 bits per heavy atom. The van der Waals surface area contributed by atoms with Crippen LogP contribution >= 0.6 is 11.3 Å². The number of nitrogens with zero attached hydrogens (tertiary/aromatic N) is 3. The number of carbonyl (C=O) groups excluding carboxylic acids is 2. The zero-order valence-electron chi connectivity index (χ0n) is 16.8. The summed E-state index contributed by atoms with van der Waals surface area (Å²) in [5, 5.41) is 12.4. The van der Waals surface area contributed by atoms with Crippen LogP contribution in [-0.2, 0) is 22.3 Å². The fraction of sp³-hybridized carbons (Fsp3) is 0.150. The number of alkyl halides is 3. The number of thiazole rings is 1. The van der Waals surface area contributed by atoms with Gasteiger partial charge in [-0.25, -0.2) is 9.78 Å². The van der Waals surface area contributed by atoms with E-state index in [2.05, 4.69) is 4.98 Å². The summed E-state index contributed by atoms with van der Waals surface area (Å²) in [5.41, 5.74) is 4.38. The van der Waals surface area contributed by atoms with Crippen LogP contribution in [-0.4, -0.2) is 21.8 Å². The summed E-state index contributed by atoms with van der Waals surface area (Å²) in [7, 11) is 0. The van der Waals surface area contributed by atoms with E-state index in [9.17, 15) is 32.9 Å². The second-order valence-electron chi connectivity index (χ2n) is 6.63. The minimum Gasteiger partial charge on any atom is -0.455 e. The molecule has 0 saturated heterocycles. The first-order chi connectivity index (χ1) is 15.5. The van der Waals surface area contributed by atoms with Gasteiger partial charge in [-0.15, -0.1) is 11.3 Å². The molecule has 0 bridgehead atoms. The summed E-state index contributed by atoms with van der Waals surface area (Å²) in [4.78, 5) is 39.8. The minimum absolute atomic E-state index is 0.0168. The lowest BCUT2D eigenvalue weighted by Gasteiger charge is -2.19. The molecule has 33 heavy (non-hydrogen) atoms. The summed E-state index contributed by atoms with van der Waals surface area (Å²) in [6.07, 6.45) is -4.59. The van der Waals surface area contributed by atoms with Crippen LogP contribution in [0.3, 0.4) is 0 Å². The molecule has 1 amide bonds. The number of nitro benzene ring substituents is 1. The quantitative estimate of drug-likeness (QED) is 0.234. The van der Waals surface area contributed by atoms with Crippen LogP contribution in [0.4, 0.5) is 35.4 Å². The number of ether oxygens (including phenoxy) is 1. The Balaban J connectivity index is 1.79. The fourth-order valence-electron chi connectivity index (χ4n) is 2.77. The van der Waals surface area contributed by atoms with Gasteiger partial charge in [-0.1, -0.05) is 6.07 Å². The molecule has 13 heteroatoms. The van der Waals surface area contributed by atoms with Crippen molar-refractivity contribution < 1.29 is 32.4 Å². The molecule has 3 rings (SSSR count). The van der Waals surface area contributed by atoms with E-state index in [0.717, 1.165) is 40.5 Å². The summed E-state index contributed by atoms with van der Waals surface area (Å²) in [5.74, 6) is -1.50. The average Bonchev–Trinajstić information content (AvgIpc) is 3.20. The molecule has 3 aromatic rings. The van der Waals surface area contributed by atoms with Crippen molar-refractivity contribution in [1.82, 2.24) is 4.98 Å². The van der Waals surface area contributed by atoms with E-state index in [1.807, 2.05) is 0 Å². The molecule has 0 aliphatic heterocycles. The molecule has 1 aromatic heterocycles. The SMILES string of the molecule is CC(=O)N(c1cccc(C(F)(F)F)c1)c1nc(COC(=O)c2cc([N+](=O)[O-])ccc2N)cs1. The molecule has 0 radical (unpaired) electrons. The van der Waals surface area contributed by atoms with Gasteiger partial charge in [-0.05, 0) is 24.3 Å². The Kier molecular flexibility index (Phi) is 6.62. The van der Waals surface area contributed by atoms with Gasteiger partial charge in [0, 0.05) is 30.1 Å². The largest absolute Gasteiger partial charge is 0.455 e. The Labute approximate surface area is 188 Å². The van der Waals surface area contributed by atoms with E-state index >= 15 is 0 Å². The summed E-state index contributed by atoms with van der Waals surface area (Å²) in [6, 6.07) is 7.55. The lowest BCUT2D eigenvalue weighted by atomic mass is 10.1. The van der Waals surface area contributed by atoms with Crippen LogP contribution in [0.5, 0.6) is 0 Å². The van der Waals surface area contributed by atoms with Crippen molar-refractivity contribution in [2.24, 2.45) is 0 Å². The molecule has 0 spiro atoms. The van der Waals surface area contributed by atoms with Gasteiger partial charge in [0.2, 0.25) is 5.91 Å². The highest BCUT2D eigenvalue weighted by atomic mass is 32.1. The van der Waals surface area contributed by atoms with Crippen molar-refractivity contribution in [1.29, 1.82) is 0 Å². The third kappa shape index (κ3) is 5.44. The van der Waals surface area contributed by atoms with Gasteiger partial charge in [0.05, 0.1) is 27.4 Å². The molecule has 0 atom stereocenters. The molecule has 0 unspecified atom stereocenters. The number of nitrogen functional groups attached to an aromatic ring is 1. The smallest absolute Gasteiger partial charge is 0.416 e. The number of amides is 1. The molecule has 2 aromatic carbocycles. The minimum atomic E-state index is -4.59. The predicted molar refractivity (Wildman–Crippen MR) is 113 cm³/mol. The normalized spacial score (nSPS) is 11.2. The highest BCUT2D eigenvalue weighted by Gasteiger charge is 2.31. The van der Waals surface area contributed by atoms with Crippen molar-refractivity contribution in [3.8, 4) is 0 Å². The monoisotopic (exact) mass is 480 g/mol. The van der Waals surface area contributed by atoms with Crippen LogP contribution in [0.25, 0.3) is 0 Å². The van der Waals surface area contributed by atoms with Crippen LogP contribution in [0.2, 0.25) is 0 Å². The van der Waals surface area contributed by atoms with Crippen LogP contribution < -0.4 is 10.6 Å². The van der Waals surface area contributed by atoms with E-state index in [1.54, 1.807) is 0 Å². The standard InChI is InChI=1S/C20H15F3N4O5S/c1-11(28)26(14-4-2-3-12(7-14)20(21,22)23)19-25-13(10-33-19)9-32-18(29)16-8-15(27(30)31)5-6-17(16)24/h2-8,10H,9,24H2,1H3.